The van der Waals surface area contributed by atoms with Gasteiger partial charge in [0.1, 0.15) is 4.90 Å². The average molecular weight is 378 g/mol. The van der Waals surface area contributed by atoms with E-state index in [9.17, 15) is 13.0 Å². The van der Waals surface area contributed by atoms with Crippen LogP contribution in [0.5, 0.6) is 0 Å². The Bertz CT molecular complexity index is 1110. The Kier molecular flexibility index (Phi) is 5.59. The number of hydrogen-bond donors (Lipinski definition) is 1. The maximum absolute atomic E-state index is 11.5. The quantitative estimate of drug-likeness (QED) is 0.432. The Morgan fingerprint density at radius 1 is 0.667 bits per heavy atom. The van der Waals surface area contributed by atoms with Crippen LogP contribution in [0, 0.1) is 0 Å². The van der Waals surface area contributed by atoms with E-state index in [2.05, 4.69) is 48.5 Å². The predicted octanol–water partition coefficient (Wildman–Crippen LogP) is 6.05. The third-order valence-electron chi connectivity index (χ3n) is 4.45. The summed E-state index contributed by atoms with van der Waals surface area (Å²) < 4.78 is 32.4. The zero-order valence-electron chi connectivity index (χ0n) is 15.3. The molecule has 0 aliphatic heterocycles. The van der Waals surface area contributed by atoms with Crippen LogP contribution in [-0.4, -0.2) is 13.0 Å². The van der Waals surface area contributed by atoms with Crippen LogP contribution in [0.2, 0.25) is 0 Å². The van der Waals surface area contributed by atoms with Gasteiger partial charge in [0, 0.05) is 5.39 Å². The van der Waals surface area contributed by atoms with Crippen molar-refractivity contribution in [2.24, 2.45) is 0 Å². The van der Waals surface area contributed by atoms with Gasteiger partial charge >= 0.3 is 0 Å². The van der Waals surface area contributed by atoms with Crippen molar-refractivity contribution in [3.05, 3.63) is 90.5 Å². The molecule has 0 aromatic heterocycles. The summed E-state index contributed by atoms with van der Waals surface area (Å²) in [6.07, 6.45) is 0. The van der Waals surface area contributed by atoms with E-state index in [1.807, 2.05) is 32.0 Å². The molecular formula is C23H22O3S. The molecule has 0 spiro atoms. The molecule has 138 valence electrons. The van der Waals surface area contributed by atoms with Crippen LogP contribution < -0.4 is 0 Å². The van der Waals surface area contributed by atoms with Crippen LogP contribution in [0.1, 0.15) is 25.3 Å². The van der Waals surface area contributed by atoms with E-state index < -0.39 is 10.1 Å². The molecule has 0 amide bonds. The van der Waals surface area contributed by atoms with Crippen LogP contribution in [0.25, 0.3) is 21.5 Å². The van der Waals surface area contributed by atoms with Gasteiger partial charge in [0.2, 0.25) is 0 Å². The summed E-state index contributed by atoms with van der Waals surface area (Å²) in [5.74, 6) is 0.0385. The summed E-state index contributed by atoms with van der Waals surface area (Å²) in [6.45, 7) is 3.80. The predicted molar refractivity (Wildman–Crippen MR) is 112 cm³/mol. The average Bonchev–Trinajstić information content (AvgIpc) is 2.67. The molecule has 0 atom stereocenters. The van der Waals surface area contributed by atoms with Crippen LogP contribution in [0.15, 0.2) is 89.8 Å². The summed E-state index contributed by atoms with van der Waals surface area (Å²) >= 11 is 0. The van der Waals surface area contributed by atoms with Gasteiger partial charge in [0.25, 0.3) is 10.1 Å². The van der Waals surface area contributed by atoms with E-state index in [0.29, 0.717) is 10.9 Å². The third kappa shape index (κ3) is 4.35. The Balaban J connectivity index is 0.000000177. The molecule has 0 aliphatic carbocycles. The van der Waals surface area contributed by atoms with Gasteiger partial charge in [-0.05, 0) is 27.6 Å². The third-order valence-corrected chi connectivity index (χ3v) is 5.42. The first-order valence-electron chi connectivity index (χ1n) is 8.81. The minimum atomic E-state index is -4.21. The van der Waals surface area contributed by atoms with Gasteiger partial charge in [-0.15, -0.1) is 0 Å². The Labute approximate surface area is 160 Å². The minimum Gasteiger partial charge on any atom is -0.282 e. The highest BCUT2D eigenvalue weighted by Gasteiger charge is 2.20. The van der Waals surface area contributed by atoms with E-state index in [4.69, 9.17) is 0 Å². The van der Waals surface area contributed by atoms with Crippen molar-refractivity contribution in [2.45, 2.75) is 24.7 Å². The molecule has 0 fully saturated rings. The monoisotopic (exact) mass is 378 g/mol. The highest BCUT2D eigenvalue weighted by atomic mass is 32.2. The fourth-order valence-corrected chi connectivity index (χ4v) is 4.20. The van der Waals surface area contributed by atoms with Gasteiger partial charge in [0.15, 0.2) is 0 Å². The molecule has 4 aromatic rings. The summed E-state index contributed by atoms with van der Waals surface area (Å²) in [5.41, 5.74) is 0.645. The standard InChI is InChI=1S/C13H14O3S.C10H8/c1-9(2)11-8-7-10-5-3-4-6-12(10)13(11)17(14,15)16;1-2-6-10-8-4-3-7-9(10)5-1/h3-9H,1-2H3,(H,14,15,16);1-8H. The summed E-state index contributed by atoms with van der Waals surface area (Å²) in [5, 5.41) is 4.00. The van der Waals surface area contributed by atoms with Gasteiger partial charge < -0.3 is 0 Å². The second kappa shape index (κ2) is 7.91. The van der Waals surface area contributed by atoms with E-state index >= 15 is 0 Å². The molecule has 3 nitrogen and oxygen atoms in total. The Hall–Kier alpha value is -2.69. The van der Waals surface area contributed by atoms with Crippen LogP contribution >= 0.6 is 0 Å². The van der Waals surface area contributed by atoms with Gasteiger partial charge in [-0.2, -0.15) is 8.42 Å². The Morgan fingerprint density at radius 3 is 1.56 bits per heavy atom. The second-order valence-corrected chi connectivity index (χ2v) is 8.04. The van der Waals surface area contributed by atoms with E-state index in [-0.39, 0.29) is 10.8 Å². The van der Waals surface area contributed by atoms with Gasteiger partial charge in [-0.1, -0.05) is 98.8 Å². The highest BCUT2D eigenvalue weighted by Crippen LogP contribution is 2.31. The number of rotatable bonds is 2. The van der Waals surface area contributed by atoms with Gasteiger partial charge in [-0.3, -0.25) is 4.55 Å². The van der Waals surface area contributed by atoms with E-state index in [1.54, 1.807) is 18.2 Å². The van der Waals surface area contributed by atoms with Crippen molar-refractivity contribution in [1.82, 2.24) is 0 Å². The number of benzene rings is 4. The first-order chi connectivity index (χ1) is 12.9. The van der Waals surface area contributed by atoms with Gasteiger partial charge in [-0.25, -0.2) is 0 Å². The SMILES string of the molecule is CC(C)c1ccc2ccccc2c1S(=O)(=O)O.c1ccc2ccccc2c1. The molecule has 27 heavy (non-hydrogen) atoms. The largest absolute Gasteiger partial charge is 0.295 e. The lowest BCUT2D eigenvalue weighted by atomic mass is 9.99. The molecule has 0 unspecified atom stereocenters. The first kappa shape index (κ1) is 19.1. The summed E-state index contributed by atoms with van der Waals surface area (Å²) in [7, 11) is -4.21. The fraction of sp³-hybridized carbons (Fsp3) is 0.130. The van der Waals surface area contributed by atoms with Crippen molar-refractivity contribution >= 4 is 31.7 Å². The molecule has 0 saturated carbocycles. The molecule has 0 aliphatic rings. The molecule has 4 heteroatoms. The zero-order chi connectivity index (χ0) is 19.4. The topological polar surface area (TPSA) is 54.4 Å². The van der Waals surface area contributed by atoms with Gasteiger partial charge in [0.05, 0.1) is 0 Å². The lowest BCUT2D eigenvalue weighted by Crippen LogP contribution is -2.05. The summed E-state index contributed by atoms with van der Waals surface area (Å²) in [6, 6.07) is 27.5. The van der Waals surface area contributed by atoms with E-state index in [0.717, 1.165) is 5.39 Å². The number of fused-ring (bicyclic) bond motifs is 2. The maximum Gasteiger partial charge on any atom is 0.295 e. The first-order valence-corrected chi connectivity index (χ1v) is 10.2. The normalized spacial score (nSPS) is 11.4. The molecule has 1 N–H and O–H groups in total. The lowest BCUT2D eigenvalue weighted by Gasteiger charge is -2.13. The molecule has 0 heterocycles. The molecule has 0 radical (unpaired) electrons. The second-order valence-electron chi connectivity index (χ2n) is 6.68. The van der Waals surface area contributed by atoms with Crippen molar-refractivity contribution in [3.8, 4) is 0 Å². The van der Waals surface area contributed by atoms with Crippen molar-refractivity contribution < 1.29 is 13.0 Å². The molecule has 4 rings (SSSR count). The van der Waals surface area contributed by atoms with Crippen LogP contribution in [0.3, 0.4) is 0 Å². The zero-order valence-corrected chi connectivity index (χ0v) is 16.1. The fourth-order valence-electron chi connectivity index (χ4n) is 3.14. The Morgan fingerprint density at radius 2 is 1.11 bits per heavy atom. The molecule has 4 aromatic carbocycles. The molecular weight excluding hydrogens is 356 g/mol. The van der Waals surface area contributed by atoms with Crippen LogP contribution in [0.4, 0.5) is 0 Å². The number of hydrogen-bond acceptors (Lipinski definition) is 2. The highest BCUT2D eigenvalue weighted by molar-refractivity contribution is 7.86. The van der Waals surface area contributed by atoms with Crippen LogP contribution in [-0.2, 0) is 10.1 Å². The molecule has 0 bridgehead atoms. The van der Waals surface area contributed by atoms with Crippen molar-refractivity contribution in [2.75, 3.05) is 0 Å². The maximum atomic E-state index is 11.5. The van der Waals surface area contributed by atoms with Crippen molar-refractivity contribution in [3.63, 3.8) is 0 Å². The smallest absolute Gasteiger partial charge is 0.282 e. The van der Waals surface area contributed by atoms with Crippen molar-refractivity contribution in [1.29, 1.82) is 0 Å². The lowest BCUT2D eigenvalue weighted by molar-refractivity contribution is 0.482. The van der Waals surface area contributed by atoms with E-state index in [1.165, 1.54) is 10.8 Å². The summed E-state index contributed by atoms with van der Waals surface area (Å²) in [4.78, 5) is 0.0330. The molecule has 0 saturated heterocycles. The minimum absolute atomic E-state index is 0.0330.